The van der Waals surface area contributed by atoms with E-state index < -0.39 is 48.4 Å². The van der Waals surface area contributed by atoms with E-state index in [1.54, 1.807) is 39.0 Å². The molecule has 1 aromatic carbocycles. The minimum Gasteiger partial charge on any atom is -0.459 e. The molecule has 2 rings (SSSR count). The molecule has 1 atom stereocenters. The van der Waals surface area contributed by atoms with Gasteiger partial charge in [-0.05, 0) is 32.9 Å². The Morgan fingerprint density at radius 3 is 2.41 bits per heavy atom. The Balaban J connectivity index is 2.40. The van der Waals surface area contributed by atoms with Gasteiger partial charge in [0.15, 0.2) is 0 Å². The molecule has 1 aliphatic heterocycles. The van der Waals surface area contributed by atoms with Gasteiger partial charge in [0.05, 0.1) is 6.54 Å². The van der Waals surface area contributed by atoms with Gasteiger partial charge >= 0.3 is 17.7 Å². The molecule has 3 amide bonds. The highest BCUT2D eigenvalue weighted by atomic mass is 19.1. The van der Waals surface area contributed by atoms with Crippen molar-refractivity contribution in [3.8, 4) is 0 Å². The second kappa shape index (κ2) is 8.42. The number of amides is 3. The largest absolute Gasteiger partial charge is 0.459 e. The highest BCUT2D eigenvalue weighted by Crippen LogP contribution is 2.27. The second-order valence-corrected chi connectivity index (χ2v) is 7.41. The molecule has 1 heterocycles. The first-order valence-electron chi connectivity index (χ1n) is 8.86. The molecule has 0 aliphatic carbocycles. The average Bonchev–Trinajstić information content (AvgIpc) is 2.66. The average molecular weight is 406 g/mol. The summed E-state index contributed by atoms with van der Waals surface area (Å²) in [6.45, 7) is 6.33. The summed E-state index contributed by atoms with van der Waals surface area (Å²) in [6, 6.07) is 7.65. The number of alkyl halides is 1. The first-order chi connectivity index (χ1) is 13.5. The maximum atomic E-state index is 15.6. The van der Waals surface area contributed by atoms with E-state index in [1.165, 1.54) is 18.2 Å². The lowest BCUT2D eigenvalue weighted by atomic mass is 10.0. The van der Waals surface area contributed by atoms with E-state index in [9.17, 15) is 19.2 Å². The summed E-state index contributed by atoms with van der Waals surface area (Å²) in [5.41, 5.74) is -4.08. The van der Waals surface area contributed by atoms with Crippen LogP contribution in [0.25, 0.3) is 0 Å². The molecule has 0 saturated carbocycles. The Morgan fingerprint density at radius 2 is 1.86 bits per heavy atom. The first kappa shape index (κ1) is 22.1. The van der Waals surface area contributed by atoms with Gasteiger partial charge in [-0.15, -0.1) is 0 Å². The van der Waals surface area contributed by atoms with Crippen molar-refractivity contribution in [1.82, 2.24) is 9.80 Å². The van der Waals surface area contributed by atoms with E-state index in [0.717, 1.165) is 4.90 Å². The van der Waals surface area contributed by atoms with E-state index in [0.29, 0.717) is 4.90 Å². The number of imide groups is 1. The lowest BCUT2D eigenvalue weighted by Crippen LogP contribution is -2.67. The van der Waals surface area contributed by atoms with Crippen molar-refractivity contribution in [2.75, 3.05) is 19.8 Å². The topological polar surface area (TPSA) is 93.2 Å². The van der Waals surface area contributed by atoms with Crippen LogP contribution in [0.15, 0.2) is 43.0 Å². The Hall–Kier alpha value is -3.23. The number of carbonyl (C=O) groups excluding carboxylic acids is 4. The van der Waals surface area contributed by atoms with Crippen LogP contribution >= 0.6 is 0 Å². The highest BCUT2D eigenvalue weighted by molar-refractivity contribution is 6.15. The molecule has 8 nitrogen and oxygen atoms in total. The predicted molar refractivity (Wildman–Crippen MR) is 100 cm³/mol. The quantitative estimate of drug-likeness (QED) is 0.330. The summed E-state index contributed by atoms with van der Waals surface area (Å²) in [4.78, 5) is 51.5. The van der Waals surface area contributed by atoms with Gasteiger partial charge in [-0.1, -0.05) is 30.9 Å². The molecule has 156 valence electrons. The molecule has 0 N–H and O–H groups in total. The van der Waals surface area contributed by atoms with Crippen LogP contribution in [0.2, 0.25) is 0 Å². The molecule has 1 aromatic rings. The van der Waals surface area contributed by atoms with Gasteiger partial charge in [-0.2, -0.15) is 0 Å². The third-order valence-electron chi connectivity index (χ3n) is 3.88. The standard InChI is InChI=1S/C20H23FN2O6/c1-5-11-28-17(26)20(21)12-22(18(27)29-19(2,3)4)13-23(16(20)25)15(24)14-9-7-6-8-10-14/h5-10H,1,11-13H2,2-4H3. The maximum Gasteiger partial charge on any atom is 0.411 e. The Kier molecular flexibility index (Phi) is 6.41. The highest BCUT2D eigenvalue weighted by Gasteiger charge is 2.57. The number of nitrogens with zero attached hydrogens (tertiary/aromatic N) is 2. The van der Waals surface area contributed by atoms with Gasteiger partial charge in [-0.3, -0.25) is 19.4 Å². The minimum absolute atomic E-state index is 0.0914. The summed E-state index contributed by atoms with van der Waals surface area (Å²) < 4.78 is 25.5. The predicted octanol–water partition coefficient (Wildman–Crippen LogP) is 2.30. The molecule has 0 aromatic heterocycles. The normalized spacial score (nSPS) is 19.5. The molecule has 0 radical (unpaired) electrons. The third kappa shape index (κ3) is 4.98. The van der Waals surface area contributed by atoms with Crippen LogP contribution in [0.4, 0.5) is 9.18 Å². The van der Waals surface area contributed by atoms with E-state index in [-0.39, 0.29) is 12.2 Å². The van der Waals surface area contributed by atoms with Gasteiger partial charge < -0.3 is 9.47 Å². The van der Waals surface area contributed by atoms with Gasteiger partial charge in [0.25, 0.3) is 11.8 Å². The Labute approximate surface area is 167 Å². The molecule has 1 unspecified atom stereocenters. The molecule has 9 heteroatoms. The van der Waals surface area contributed by atoms with E-state index >= 15 is 4.39 Å². The maximum absolute atomic E-state index is 15.6. The van der Waals surface area contributed by atoms with Crippen LogP contribution in [-0.4, -0.2) is 64.8 Å². The van der Waals surface area contributed by atoms with E-state index in [4.69, 9.17) is 9.47 Å². The number of carbonyl (C=O) groups is 4. The minimum atomic E-state index is -3.26. The Morgan fingerprint density at radius 1 is 1.24 bits per heavy atom. The molecule has 0 bridgehead atoms. The number of halogens is 1. The SMILES string of the molecule is C=CCOC(=O)C1(F)CN(C(=O)OC(C)(C)C)CN(C(=O)c2ccccc2)C1=O. The smallest absolute Gasteiger partial charge is 0.411 e. The van der Waals surface area contributed by atoms with Crippen molar-refractivity contribution < 1.29 is 33.0 Å². The zero-order valence-corrected chi connectivity index (χ0v) is 16.5. The van der Waals surface area contributed by atoms with Crippen LogP contribution in [0, 0.1) is 0 Å². The van der Waals surface area contributed by atoms with Crippen molar-refractivity contribution in [2.45, 2.75) is 32.0 Å². The van der Waals surface area contributed by atoms with E-state index in [2.05, 4.69) is 6.58 Å². The fourth-order valence-electron chi connectivity index (χ4n) is 2.57. The van der Waals surface area contributed by atoms with Gasteiger partial charge in [-0.25, -0.2) is 14.0 Å². The lowest BCUT2D eigenvalue weighted by molar-refractivity contribution is -0.172. The summed E-state index contributed by atoms with van der Waals surface area (Å²) in [7, 11) is 0. The monoisotopic (exact) mass is 406 g/mol. The summed E-state index contributed by atoms with van der Waals surface area (Å²) in [6.07, 6.45) is 0.224. The molecular formula is C20H23FN2O6. The number of esters is 1. The zero-order chi connectivity index (χ0) is 21.8. The third-order valence-corrected chi connectivity index (χ3v) is 3.88. The van der Waals surface area contributed by atoms with Crippen molar-refractivity contribution in [3.63, 3.8) is 0 Å². The summed E-state index contributed by atoms with van der Waals surface area (Å²) >= 11 is 0. The van der Waals surface area contributed by atoms with Crippen LogP contribution in [0.3, 0.4) is 0 Å². The molecule has 1 aliphatic rings. The molecular weight excluding hydrogens is 383 g/mol. The number of rotatable bonds is 4. The first-order valence-corrected chi connectivity index (χ1v) is 8.86. The van der Waals surface area contributed by atoms with Crippen molar-refractivity contribution in [3.05, 3.63) is 48.6 Å². The van der Waals surface area contributed by atoms with Crippen LogP contribution in [0.1, 0.15) is 31.1 Å². The number of hydrogen-bond donors (Lipinski definition) is 0. The number of benzene rings is 1. The fourth-order valence-corrected chi connectivity index (χ4v) is 2.57. The van der Waals surface area contributed by atoms with Crippen molar-refractivity contribution >= 4 is 23.9 Å². The number of ether oxygens (including phenoxy) is 2. The molecule has 1 saturated heterocycles. The van der Waals surface area contributed by atoms with E-state index in [1.807, 2.05) is 0 Å². The molecule has 29 heavy (non-hydrogen) atoms. The Bertz CT molecular complexity index is 820. The van der Waals surface area contributed by atoms with Gasteiger partial charge in [0.2, 0.25) is 0 Å². The van der Waals surface area contributed by atoms with Gasteiger partial charge in [0, 0.05) is 5.56 Å². The lowest BCUT2D eigenvalue weighted by Gasteiger charge is -2.40. The number of hydrogen-bond acceptors (Lipinski definition) is 6. The van der Waals surface area contributed by atoms with Crippen LogP contribution < -0.4 is 0 Å². The zero-order valence-electron chi connectivity index (χ0n) is 16.5. The van der Waals surface area contributed by atoms with Crippen LogP contribution in [-0.2, 0) is 19.1 Å². The second-order valence-electron chi connectivity index (χ2n) is 7.41. The van der Waals surface area contributed by atoms with Crippen molar-refractivity contribution in [2.24, 2.45) is 0 Å². The van der Waals surface area contributed by atoms with Crippen LogP contribution in [0.5, 0.6) is 0 Å². The molecule has 0 spiro atoms. The summed E-state index contributed by atoms with van der Waals surface area (Å²) in [5, 5.41) is 0. The van der Waals surface area contributed by atoms with Crippen molar-refractivity contribution in [1.29, 1.82) is 0 Å². The molecule has 1 fully saturated rings. The van der Waals surface area contributed by atoms with Gasteiger partial charge in [0.1, 0.15) is 18.9 Å². The fraction of sp³-hybridized carbons (Fsp3) is 0.400. The summed E-state index contributed by atoms with van der Waals surface area (Å²) in [5.74, 6) is -3.77.